The summed E-state index contributed by atoms with van der Waals surface area (Å²) >= 11 is 0. The molecule has 2 aromatic carbocycles. The zero-order valence-corrected chi connectivity index (χ0v) is 12.8. The minimum absolute atomic E-state index is 0.603. The molecule has 0 spiro atoms. The molecule has 1 N–H and O–H groups in total. The van der Waals surface area contributed by atoms with E-state index in [9.17, 15) is 5.11 Å². The number of aliphatic hydroxyl groups is 1. The lowest BCUT2D eigenvalue weighted by atomic mass is 9.94. The largest absolute Gasteiger partial charge is 0.492 e. The van der Waals surface area contributed by atoms with Crippen molar-refractivity contribution < 1.29 is 9.84 Å². The molecule has 0 aromatic heterocycles. The van der Waals surface area contributed by atoms with E-state index in [1.54, 1.807) is 0 Å². The summed E-state index contributed by atoms with van der Waals surface area (Å²) in [6, 6.07) is 20.1. The van der Waals surface area contributed by atoms with Crippen LogP contribution in [-0.4, -0.2) is 41.8 Å². The first-order valence-corrected chi connectivity index (χ1v) is 7.90. The van der Waals surface area contributed by atoms with Crippen LogP contribution in [-0.2, 0) is 6.42 Å². The van der Waals surface area contributed by atoms with E-state index in [0.717, 1.165) is 38.2 Å². The minimum Gasteiger partial charge on any atom is -0.492 e. The van der Waals surface area contributed by atoms with Crippen LogP contribution in [0, 0.1) is 0 Å². The number of benzene rings is 2. The zero-order chi connectivity index (χ0) is 15.3. The molecule has 0 aliphatic carbocycles. The standard InChI is InChI=1S/C19H23NO2/c21-19(15-17-7-3-1-4-8-17)11-12-20(16-19)13-14-22-18-9-5-2-6-10-18/h1-10,21H,11-16H2. The first-order chi connectivity index (χ1) is 10.7. The van der Waals surface area contributed by atoms with Crippen molar-refractivity contribution in [1.29, 1.82) is 0 Å². The molecule has 0 saturated carbocycles. The van der Waals surface area contributed by atoms with Crippen LogP contribution in [0.1, 0.15) is 12.0 Å². The van der Waals surface area contributed by atoms with Gasteiger partial charge < -0.3 is 9.84 Å². The number of ether oxygens (including phenoxy) is 1. The zero-order valence-electron chi connectivity index (χ0n) is 12.8. The van der Waals surface area contributed by atoms with Crippen molar-refractivity contribution in [1.82, 2.24) is 4.90 Å². The van der Waals surface area contributed by atoms with Crippen molar-refractivity contribution in [2.75, 3.05) is 26.2 Å². The Labute approximate surface area is 132 Å². The third kappa shape index (κ3) is 4.09. The number of para-hydroxylation sites is 1. The topological polar surface area (TPSA) is 32.7 Å². The summed E-state index contributed by atoms with van der Waals surface area (Å²) in [4.78, 5) is 2.28. The van der Waals surface area contributed by atoms with Crippen molar-refractivity contribution >= 4 is 0 Å². The van der Waals surface area contributed by atoms with Gasteiger partial charge in [0.05, 0.1) is 5.60 Å². The Balaban J connectivity index is 1.45. The van der Waals surface area contributed by atoms with Crippen LogP contribution in [0.25, 0.3) is 0 Å². The van der Waals surface area contributed by atoms with E-state index in [-0.39, 0.29) is 0 Å². The van der Waals surface area contributed by atoms with Gasteiger partial charge in [-0.3, -0.25) is 4.90 Å². The molecule has 1 fully saturated rings. The first-order valence-electron chi connectivity index (χ1n) is 7.90. The quantitative estimate of drug-likeness (QED) is 0.890. The van der Waals surface area contributed by atoms with E-state index in [0.29, 0.717) is 6.61 Å². The second-order valence-corrected chi connectivity index (χ2v) is 6.07. The maximum absolute atomic E-state index is 10.7. The summed E-state index contributed by atoms with van der Waals surface area (Å²) < 4.78 is 5.73. The highest BCUT2D eigenvalue weighted by Gasteiger charge is 2.35. The van der Waals surface area contributed by atoms with Crippen molar-refractivity contribution in [3.8, 4) is 5.75 Å². The normalized spacial score (nSPS) is 21.9. The number of nitrogens with zero attached hydrogens (tertiary/aromatic N) is 1. The molecule has 0 radical (unpaired) electrons. The van der Waals surface area contributed by atoms with Crippen molar-refractivity contribution in [2.24, 2.45) is 0 Å². The number of likely N-dealkylation sites (tertiary alicyclic amines) is 1. The molecule has 0 bridgehead atoms. The Morgan fingerprint density at radius 3 is 2.41 bits per heavy atom. The van der Waals surface area contributed by atoms with Crippen LogP contribution >= 0.6 is 0 Å². The number of β-amino-alcohol motifs (C(OH)–C–C–N with tert-alkyl or cyclic N) is 1. The molecule has 22 heavy (non-hydrogen) atoms. The van der Waals surface area contributed by atoms with E-state index < -0.39 is 5.60 Å². The monoisotopic (exact) mass is 297 g/mol. The molecule has 1 saturated heterocycles. The third-order valence-corrected chi connectivity index (χ3v) is 4.21. The molecular formula is C19H23NO2. The molecular weight excluding hydrogens is 274 g/mol. The Morgan fingerprint density at radius 1 is 1.00 bits per heavy atom. The van der Waals surface area contributed by atoms with Gasteiger partial charge in [0.25, 0.3) is 0 Å². The lowest BCUT2D eigenvalue weighted by Gasteiger charge is -2.23. The van der Waals surface area contributed by atoms with E-state index in [1.807, 2.05) is 48.5 Å². The molecule has 2 aromatic rings. The molecule has 116 valence electrons. The van der Waals surface area contributed by atoms with Crippen molar-refractivity contribution in [3.05, 3.63) is 66.2 Å². The van der Waals surface area contributed by atoms with Gasteiger partial charge in [0.1, 0.15) is 12.4 Å². The fraction of sp³-hybridized carbons (Fsp3) is 0.368. The van der Waals surface area contributed by atoms with Crippen LogP contribution < -0.4 is 4.74 Å². The van der Waals surface area contributed by atoms with E-state index in [2.05, 4.69) is 17.0 Å². The van der Waals surface area contributed by atoms with Gasteiger partial charge >= 0.3 is 0 Å². The first kappa shape index (κ1) is 15.1. The van der Waals surface area contributed by atoms with Gasteiger partial charge in [-0.2, -0.15) is 0 Å². The fourth-order valence-corrected chi connectivity index (χ4v) is 3.06. The Hall–Kier alpha value is -1.84. The summed E-state index contributed by atoms with van der Waals surface area (Å²) in [6.45, 7) is 3.17. The molecule has 3 rings (SSSR count). The summed E-state index contributed by atoms with van der Waals surface area (Å²) in [7, 11) is 0. The second-order valence-electron chi connectivity index (χ2n) is 6.07. The molecule has 1 heterocycles. The van der Waals surface area contributed by atoms with Gasteiger partial charge in [-0.05, 0) is 24.1 Å². The number of hydrogen-bond donors (Lipinski definition) is 1. The highest BCUT2D eigenvalue weighted by molar-refractivity contribution is 5.21. The average Bonchev–Trinajstić information content (AvgIpc) is 2.90. The highest BCUT2D eigenvalue weighted by Crippen LogP contribution is 2.25. The van der Waals surface area contributed by atoms with E-state index in [4.69, 9.17) is 4.74 Å². The van der Waals surface area contributed by atoms with Crippen LogP contribution in [0.4, 0.5) is 0 Å². The van der Waals surface area contributed by atoms with Crippen molar-refractivity contribution in [3.63, 3.8) is 0 Å². The number of hydrogen-bond acceptors (Lipinski definition) is 3. The predicted molar refractivity (Wildman–Crippen MR) is 88.1 cm³/mol. The smallest absolute Gasteiger partial charge is 0.119 e. The van der Waals surface area contributed by atoms with Gasteiger partial charge in [0, 0.05) is 26.1 Å². The predicted octanol–water partition coefficient (Wildman–Crippen LogP) is 2.74. The van der Waals surface area contributed by atoms with Gasteiger partial charge in [-0.1, -0.05) is 48.5 Å². The van der Waals surface area contributed by atoms with Crippen LogP contribution in [0.2, 0.25) is 0 Å². The highest BCUT2D eigenvalue weighted by atomic mass is 16.5. The lowest BCUT2D eigenvalue weighted by molar-refractivity contribution is 0.0482. The van der Waals surface area contributed by atoms with Crippen LogP contribution in [0.3, 0.4) is 0 Å². The summed E-state index contributed by atoms with van der Waals surface area (Å²) in [5.74, 6) is 0.904. The Morgan fingerprint density at radius 2 is 1.68 bits per heavy atom. The molecule has 1 aliphatic heterocycles. The summed E-state index contributed by atoms with van der Waals surface area (Å²) in [6.07, 6.45) is 1.55. The molecule has 1 unspecified atom stereocenters. The van der Waals surface area contributed by atoms with Crippen LogP contribution in [0.5, 0.6) is 5.75 Å². The van der Waals surface area contributed by atoms with Gasteiger partial charge in [-0.15, -0.1) is 0 Å². The summed E-state index contributed by atoms with van der Waals surface area (Å²) in [5, 5.41) is 10.7. The SMILES string of the molecule is OC1(Cc2ccccc2)CCN(CCOc2ccccc2)C1. The molecule has 1 atom stereocenters. The minimum atomic E-state index is -0.603. The second kappa shape index (κ2) is 6.95. The van der Waals surface area contributed by atoms with Gasteiger partial charge in [0.2, 0.25) is 0 Å². The maximum Gasteiger partial charge on any atom is 0.119 e. The molecule has 3 heteroatoms. The van der Waals surface area contributed by atoms with Crippen LogP contribution in [0.15, 0.2) is 60.7 Å². The molecule has 1 aliphatic rings. The lowest BCUT2D eigenvalue weighted by Crippen LogP contribution is -2.36. The van der Waals surface area contributed by atoms with Gasteiger partial charge in [-0.25, -0.2) is 0 Å². The van der Waals surface area contributed by atoms with Gasteiger partial charge in [0.15, 0.2) is 0 Å². The van der Waals surface area contributed by atoms with E-state index in [1.165, 1.54) is 5.56 Å². The van der Waals surface area contributed by atoms with Crippen molar-refractivity contribution in [2.45, 2.75) is 18.4 Å². The summed E-state index contributed by atoms with van der Waals surface area (Å²) in [5.41, 5.74) is 0.598. The fourth-order valence-electron chi connectivity index (χ4n) is 3.06. The third-order valence-electron chi connectivity index (χ3n) is 4.21. The van der Waals surface area contributed by atoms with E-state index >= 15 is 0 Å². The maximum atomic E-state index is 10.7. The molecule has 0 amide bonds. The average molecular weight is 297 g/mol. The Bertz CT molecular complexity index is 573. The Kier molecular flexibility index (Phi) is 4.76. The molecule has 3 nitrogen and oxygen atoms in total. The number of rotatable bonds is 6.